The van der Waals surface area contributed by atoms with Crippen LogP contribution in [0.1, 0.15) is 23.0 Å². The van der Waals surface area contributed by atoms with Crippen molar-refractivity contribution in [2.45, 2.75) is 13.8 Å². The monoisotopic (exact) mass is 333 g/mol. The smallest absolute Gasteiger partial charge is 0.176 e. The van der Waals surface area contributed by atoms with Gasteiger partial charge in [0.1, 0.15) is 0 Å². The molecule has 78 valence electrons. The summed E-state index contributed by atoms with van der Waals surface area (Å²) in [5, 5.41) is 1.77. The lowest BCUT2D eigenvalue weighted by Gasteiger charge is -1.97. The van der Waals surface area contributed by atoms with E-state index in [9.17, 15) is 4.79 Å². The average Bonchev–Trinajstić information content (AvgIpc) is 2.51. The highest BCUT2D eigenvalue weighted by Gasteiger charge is 2.13. The molecule has 0 aliphatic heterocycles. The van der Waals surface area contributed by atoms with Crippen LogP contribution in [0.3, 0.4) is 0 Å². The quantitative estimate of drug-likeness (QED) is 0.622. The molecule has 4 heteroatoms. The molecule has 1 N–H and O–H groups in total. The van der Waals surface area contributed by atoms with Gasteiger partial charge in [-0.15, -0.1) is 0 Å². The van der Waals surface area contributed by atoms with Crippen molar-refractivity contribution >= 4 is 50.9 Å². The number of aryl methyl sites for hydroxylation is 1. The van der Waals surface area contributed by atoms with Gasteiger partial charge in [0.15, 0.2) is 5.78 Å². The number of aromatic amines is 1. The van der Waals surface area contributed by atoms with Crippen molar-refractivity contribution in [1.82, 2.24) is 4.98 Å². The minimum atomic E-state index is 0.0515. The van der Waals surface area contributed by atoms with E-state index < -0.39 is 0 Å². The van der Waals surface area contributed by atoms with Crippen LogP contribution in [-0.4, -0.2) is 10.8 Å². The second-order valence-corrected chi connectivity index (χ2v) is 4.95. The maximum absolute atomic E-state index is 11.4. The first-order valence-corrected chi connectivity index (χ1v) is 5.95. The van der Waals surface area contributed by atoms with Crippen molar-refractivity contribution in [1.29, 1.82) is 0 Å². The van der Waals surface area contributed by atoms with Gasteiger partial charge in [-0.3, -0.25) is 4.79 Å². The molecule has 2 rings (SSSR count). The van der Waals surface area contributed by atoms with E-state index in [0.717, 1.165) is 20.0 Å². The van der Waals surface area contributed by atoms with Crippen molar-refractivity contribution < 1.29 is 4.79 Å². The summed E-state index contributed by atoms with van der Waals surface area (Å²) in [5.74, 6) is 0.0515. The van der Waals surface area contributed by atoms with E-state index in [1.165, 1.54) is 0 Å². The van der Waals surface area contributed by atoms with E-state index in [4.69, 9.17) is 11.6 Å². The number of carbonyl (C=O) groups is 1. The van der Waals surface area contributed by atoms with Crippen LogP contribution in [0.4, 0.5) is 0 Å². The number of H-pyrrole nitrogens is 1. The molecule has 1 heterocycles. The molecule has 0 amide bonds. The van der Waals surface area contributed by atoms with E-state index in [1.54, 1.807) is 6.92 Å². The predicted octanol–water partition coefficient (Wildman–Crippen LogP) is 3.94. The molecule has 0 aliphatic carbocycles. The van der Waals surface area contributed by atoms with E-state index >= 15 is 0 Å². The first-order chi connectivity index (χ1) is 7.02. The molecular weight excluding hydrogens is 324 g/mol. The van der Waals surface area contributed by atoms with Crippen LogP contribution in [0.25, 0.3) is 10.9 Å². The zero-order valence-corrected chi connectivity index (χ0v) is 11.2. The summed E-state index contributed by atoms with van der Waals surface area (Å²) < 4.78 is 0.961. The van der Waals surface area contributed by atoms with Crippen molar-refractivity contribution in [3.8, 4) is 0 Å². The number of aromatic nitrogens is 1. The number of carbonyl (C=O) groups excluding carboxylic acids is 1. The number of fused-ring (bicyclic) bond motifs is 1. The molecule has 0 saturated heterocycles. The normalized spacial score (nSPS) is 10.9. The zero-order chi connectivity index (χ0) is 11.2. The van der Waals surface area contributed by atoms with E-state index in [0.29, 0.717) is 10.7 Å². The fourth-order valence-corrected chi connectivity index (χ4v) is 2.45. The van der Waals surface area contributed by atoms with Gasteiger partial charge in [0, 0.05) is 12.3 Å². The first kappa shape index (κ1) is 11.0. The maximum atomic E-state index is 11.4. The second kappa shape index (κ2) is 3.79. The Morgan fingerprint density at radius 3 is 2.73 bits per heavy atom. The zero-order valence-electron chi connectivity index (χ0n) is 8.32. The first-order valence-electron chi connectivity index (χ1n) is 4.49. The molecule has 0 aliphatic rings. The van der Waals surface area contributed by atoms with E-state index in [2.05, 4.69) is 27.6 Å². The van der Waals surface area contributed by atoms with Gasteiger partial charge >= 0.3 is 0 Å². The summed E-state index contributed by atoms with van der Waals surface area (Å²) in [4.78, 5) is 14.5. The Balaban J connectivity index is 2.88. The van der Waals surface area contributed by atoms with E-state index in [1.807, 2.05) is 19.1 Å². The number of hydrogen-bond acceptors (Lipinski definition) is 1. The molecule has 2 nitrogen and oxygen atoms in total. The van der Waals surface area contributed by atoms with Gasteiger partial charge < -0.3 is 4.98 Å². The molecule has 1 aromatic carbocycles. The third kappa shape index (κ3) is 1.67. The lowest BCUT2D eigenvalue weighted by Crippen LogP contribution is -1.93. The van der Waals surface area contributed by atoms with Crippen molar-refractivity contribution in [3.05, 3.63) is 32.0 Å². The molecule has 15 heavy (non-hydrogen) atoms. The highest BCUT2D eigenvalue weighted by Crippen LogP contribution is 2.30. The van der Waals surface area contributed by atoms with Gasteiger partial charge in [-0.05, 0) is 41.1 Å². The minimum Gasteiger partial charge on any atom is -0.351 e. The number of rotatable bonds is 1. The molecule has 0 atom stereocenters. The van der Waals surface area contributed by atoms with Crippen LogP contribution in [-0.2, 0) is 0 Å². The average molecular weight is 334 g/mol. The molecular formula is C11H9ClINO. The second-order valence-electron chi connectivity index (χ2n) is 3.47. The Morgan fingerprint density at radius 1 is 1.47 bits per heavy atom. The molecule has 0 unspecified atom stereocenters. The summed E-state index contributed by atoms with van der Waals surface area (Å²) in [6.45, 7) is 3.51. The number of halogens is 2. The van der Waals surface area contributed by atoms with Gasteiger partial charge in [-0.25, -0.2) is 0 Å². The molecule has 0 fully saturated rings. The van der Waals surface area contributed by atoms with E-state index in [-0.39, 0.29) is 5.78 Å². The van der Waals surface area contributed by atoms with Gasteiger partial charge in [0.05, 0.1) is 19.8 Å². The molecule has 0 radical (unpaired) electrons. The molecule has 0 bridgehead atoms. The molecule has 1 aromatic heterocycles. The lowest BCUT2D eigenvalue weighted by molar-refractivity contribution is 0.101. The summed E-state index contributed by atoms with van der Waals surface area (Å²) in [7, 11) is 0. The highest BCUT2D eigenvalue weighted by atomic mass is 127. The van der Waals surface area contributed by atoms with Crippen molar-refractivity contribution in [2.24, 2.45) is 0 Å². The van der Waals surface area contributed by atoms with Crippen LogP contribution in [0.15, 0.2) is 12.1 Å². The molecule has 2 aromatic rings. The van der Waals surface area contributed by atoms with Crippen LogP contribution in [0, 0.1) is 10.5 Å². The SMILES string of the molecule is CC(=O)c1[nH]c2c(I)c(Cl)ccc2c1C. The third-order valence-corrected chi connectivity index (χ3v) is 4.23. The topological polar surface area (TPSA) is 32.9 Å². The fourth-order valence-electron chi connectivity index (χ4n) is 1.69. The standard InChI is InChI=1S/C11H9ClINO/c1-5-7-3-4-8(12)9(13)11(7)14-10(5)6(2)15/h3-4,14H,1-2H3. The number of ketones is 1. The Hall–Kier alpha value is -0.550. The maximum Gasteiger partial charge on any atom is 0.176 e. The van der Waals surface area contributed by atoms with Crippen LogP contribution < -0.4 is 0 Å². The Bertz CT molecular complexity index is 559. The third-order valence-electron chi connectivity index (χ3n) is 2.48. The number of benzene rings is 1. The number of nitrogens with one attached hydrogen (secondary N) is 1. The van der Waals surface area contributed by atoms with Gasteiger partial charge in [-0.1, -0.05) is 17.7 Å². The summed E-state index contributed by atoms with van der Waals surface area (Å²) >= 11 is 8.20. The molecule has 0 spiro atoms. The molecule has 0 saturated carbocycles. The predicted molar refractivity (Wildman–Crippen MR) is 70.8 cm³/mol. The Kier molecular flexibility index (Phi) is 2.77. The highest BCUT2D eigenvalue weighted by molar-refractivity contribution is 14.1. The van der Waals surface area contributed by atoms with Crippen molar-refractivity contribution in [3.63, 3.8) is 0 Å². The Labute approximate surface area is 106 Å². The van der Waals surface area contributed by atoms with Crippen LogP contribution >= 0.6 is 34.2 Å². The van der Waals surface area contributed by atoms with Gasteiger partial charge in [0.25, 0.3) is 0 Å². The minimum absolute atomic E-state index is 0.0515. The summed E-state index contributed by atoms with van der Waals surface area (Å²) in [6, 6.07) is 3.80. The van der Waals surface area contributed by atoms with Crippen LogP contribution in [0.2, 0.25) is 5.02 Å². The largest absolute Gasteiger partial charge is 0.351 e. The summed E-state index contributed by atoms with van der Waals surface area (Å²) in [6.07, 6.45) is 0. The van der Waals surface area contributed by atoms with Gasteiger partial charge in [-0.2, -0.15) is 0 Å². The van der Waals surface area contributed by atoms with Gasteiger partial charge in [0.2, 0.25) is 0 Å². The van der Waals surface area contributed by atoms with Crippen molar-refractivity contribution in [2.75, 3.05) is 0 Å². The fraction of sp³-hybridized carbons (Fsp3) is 0.182. The number of hydrogen-bond donors (Lipinski definition) is 1. The Morgan fingerprint density at radius 2 is 2.13 bits per heavy atom. The number of Topliss-reactive ketones (excluding diaryl/α,β-unsaturated/α-hetero) is 1. The lowest BCUT2D eigenvalue weighted by atomic mass is 10.1. The van der Waals surface area contributed by atoms with Crippen LogP contribution in [0.5, 0.6) is 0 Å². The summed E-state index contributed by atoms with van der Waals surface area (Å²) in [5.41, 5.74) is 2.61.